The van der Waals surface area contributed by atoms with Gasteiger partial charge in [-0.15, -0.1) is 11.3 Å². The highest BCUT2D eigenvalue weighted by Crippen LogP contribution is 2.34. The molecule has 3 aromatic heterocycles. The molecule has 0 bridgehead atoms. The lowest BCUT2D eigenvalue weighted by Crippen LogP contribution is -2.11. The number of carbonyl (C=O) groups excluding carboxylic acids is 1. The Morgan fingerprint density at radius 3 is 2.74 bits per heavy atom. The minimum Gasteiger partial charge on any atom is -0.497 e. The molecule has 1 aromatic carbocycles. The molecule has 136 valence electrons. The number of nitrogens with zero attached hydrogens (tertiary/aromatic N) is 3. The van der Waals surface area contributed by atoms with Crippen LogP contribution in [0, 0.1) is 6.92 Å². The Balaban J connectivity index is 1.65. The highest BCUT2D eigenvalue weighted by Gasteiger charge is 2.19. The summed E-state index contributed by atoms with van der Waals surface area (Å²) in [4.78, 5) is 22.4. The number of nitrogens with one attached hydrogen (secondary N) is 1. The van der Waals surface area contributed by atoms with Gasteiger partial charge in [-0.25, -0.2) is 9.97 Å². The van der Waals surface area contributed by atoms with Crippen LogP contribution in [0.5, 0.6) is 5.75 Å². The van der Waals surface area contributed by atoms with Crippen LogP contribution in [0.4, 0.5) is 5.69 Å². The largest absolute Gasteiger partial charge is 0.497 e. The normalized spacial score (nSPS) is 10.9. The maximum Gasteiger partial charge on any atom is 0.267 e. The third-order valence-corrected chi connectivity index (χ3v) is 5.50. The first-order valence-corrected chi connectivity index (χ1v) is 9.21. The lowest BCUT2D eigenvalue weighted by atomic mass is 10.2. The first-order valence-electron chi connectivity index (χ1n) is 8.40. The number of aromatic nitrogens is 3. The van der Waals surface area contributed by atoms with Gasteiger partial charge in [0.1, 0.15) is 21.3 Å². The monoisotopic (exact) mass is 378 g/mol. The van der Waals surface area contributed by atoms with Crippen molar-refractivity contribution in [2.24, 2.45) is 7.05 Å². The number of carbonyl (C=O) groups is 1. The van der Waals surface area contributed by atoms with Crippen molar-refractivity contribution in [3.8, 4) is 16.3 Å². The second-order valence-corrected chi connectivity index (χ2v) is 7.14. The summed E-state index contributed by atoms with van der Waals surface area (Å²) in [6.45, 7) is 1.85. The fourth-order valence-electron chi connectivity index (χ4n) is 2.97. The molecule has 0 radical (unpaired) electrons. The molecular formula is C20H18N4O2S. The molecule has 6 nitrogen and oxygen atoms in total. The van der Waals surface area contributed by atoms with Crippen molar-refractivity contribution in [2.45, 2.75) is 6.92 Å². The van der Waals surface area contributed by atoms with E-state index in [2.05, 4.69) is 15.3 Å². The first-order chi connectivity index (χ1) is 13.1. The van der Waals surface area contributed by atoms with Crippen LogP contribution in [0.3, 0.4) is 0 Å². The Bertz CT molecular complexity index is 1130. The molecule has 7 heteroatoms. The SMILES string of the molecule is COc1ccc(NC(=O)c2sc(-c3cn(C)c4ncccc34)nc2C)cc1. The molecule has 1 N–H and O–H groups in total. The Morgan fingerprint density at radius 1 is 1.22 bits per heavy atom. The molecule has 4 aromatic rings. The van der Waals surface area contributed by atoms with Crippen LogP contribution in [0.2, 0.25) is 0 Å². The number of amides is 1. The van der Waals surface area contributed by atoms with Crippen LogP contribution in [0.15, 0.2) is 48.8 Å². The van der Waals surface area contributed by atoms with E-state index in [-0.39, 0.29) is 5.91 Å². The molecule has 0 unspecified atom stereocenters. The Hall–Kier alpha value is -3.19. The van der Waals surface area contributed by atoms with E-state index in [1.54, 1.807) is 13.3 Å². The van der Waals surface area contributed by atoms with Crippen molar-refractivity contribution < 1.29 is 9.53 Å². The number of hydrogen-bond donors (Lipinski definition) is 1. The summed E-state index contributed by atoms with van der Waals surface area (Å²) >= 11 is 1.39. The number of rotatable bonds is 4. The van der Waals surface area contributed by atoms with Crippen LogP contribution in [-0.4, -0.2) is 27.6 Å². The van der Waals surface area contributed by atoms with E-state index in [9.17, 15) is 4.79 Å². The summed E-state index contributed by atoms with van der Waals surface area (Å²) in [5.74, 6) is 0.577. The minimum atomic E-state index is -0.167. The van der Waals surface area contributed by atoms with Crippen molar-refractivity contribution in [3.63, 3.8) is 0 Å². The zero-order chi connectivity index (χ0) is 19.0. The lowest BCUT2D eigenvalue weighted by Gasteiger charge is -2.05. The summed E-state index contributed by atoms with van der Waals surface area (Å²) in [5.41, 5.74) is 3.30. The van der Waals surface area contributed by atoms with Gasteiger partial charge in [0.15, 0.2) is 0 Å². The van der Waals surface area contributed by atoms with Gasteiger partial charge in [0.05, 0.1) is 12.8 Å². The highest BCUT2D eigenvalue weighted by molar-refractivity contribution is 7.17. The molecular weight excluding hydrogens is 360 g/mol. The number of fused-ring (bicyclic) bond motifs is 1. The number of thiazole rings is 1. The molecule has 0 aliphatic carbocycles. The summed E-state index contributed by atoms with van der Waals surface area (Å²) in [5, 5.41) is 4.75. The third-order valence-electron chi connectivity index (χ3n) is 4.31. The molecule has 0 spiro atoms. The molecule has 27 heavy (non-hydrogen) atoms. The number of ether oxygens (including phenoxy) is 1. The van der Waals surface area contributed by atoms with Crippen LogP contribution in [0.25, 0.3) is 21.6 Å². The smallest absolute Gasteiger partial charge is 0.267 e. The van der Waals surface area contributed by atoms with Crippen molar-refractivity contribution in [1.82, 2.24) is 14.5 Å². The van der Waals surface area contributed by atoms with Crippen molar-refractivity contribution >= 4 is 34.0 Å². The van der Waals surface area contributed by atoms with Gasteiger partial charge < -0.3 is 14.6 Å². The molecule has 0 saturated carbocycles. The van der Waals surface area contributed by atoms with Gasteiger partial charge in [0, 0.05) is 36.1 Å². The molecule has 3 heterocycles. The highest BCUT2D eigenvalue weighted by atomic mass is 32.1. The molecule has 0 aliphatic rings. The summed E-state index contributed by atoms with van der Waals surface area (Å²) in [6.07, 6.45) is 3.77. The predicted molar refractivity (Wildman–Crippen MR) is 108 cm³/mol. The van der Waals surface area contributed by atoms with Gasteiger partial charge in [-0.3, -0.25) is 4.79 Å². The topological polar surface area (TPSA) is 69.0 Å². The predicted octanol–water partition coefficient (Wildman–Crippen LogP) is 4.27. The average Bonchev–Trinajstić information content (AvgIpc) is 3.23. The maximum absolute atomic E-state index is 12.7. The molecule has 0 atom stereocenters. The van der Waals surface area contributed by atoms with E-state index >= 15 is 0 Å². The van der Waals surface area contributed by atoms with Crippen LogP contribution >= 0.6 is 11.3 Å². The quantitative estimate of drug-likeness (QED) is 0.576. The van der Waals surface area contributed by atoms with Crippen LogP contribution in [-0.2, 0) is 7.05 Å². The van der Waals surface area contributed by atoms with E-state index in [1.807, 2.05) is 61.1 Å². The minimum absolute atomic E-state index is 0.167. The van der Waals surface area contributed by atoms with Crippen LogP contribution < -0.4 is 10.1 Å². The zero-order valence-electron chi connectivity index (χ0n) is 15.2. The van der Waals surface area contributed by atoms with Gasteiger partial charge in [-0.05, 0) is 43.3 Å². The molecule has 0 fully saturated rings. The number of methoxy groups -OCH3 is 1. The first kappa shape index (κ1) is 17.2. The number of benzene rings is 1. The fourth-order valence-corrected chi connectivity index (χ4v) is 3.95. The summed E-state index contributed by atoms with van der Waals surface area (Å²) in [6, 6.07) is 11.2. The standard InChI is InChI=1S/C20H18N4O2S/c1-12-17(19(25)23-13-6-8-14(26-3)9-7-13)27-20(22-12)16-11-24(2)18-15(16)5-4-10-21-18/h4-11H,1-3H3,(H,23,25). The molecule has 4 rings (SSSR count). The van der Waals surface area contributed by atoms with Gasteiger partial charge in [0.25, 0.3) is 5.91 Å². The second-order valence-electron chi connectivity index (χ2n) is 6.14. The number of pyridine rings is 1. The third kappa shape index (κ3) is 3.17. The lowest BCUT2D eigenvalue weighted by molar-refractivity contribution is 0.103. The fraction of sp³-hybridized carbons (Fsp3) is 0.150. The van der Waals surface area contributed by atoms with E-state index in [1.165, 1.54) is 11.3 Å². The van der Waals surface area contributed by atoms with Crippen molar-refractivity contribution in [1.29, 1.82) is 0 Å². The van der Waals surface area contributed by atoms with Gasteiger partial charge in [-0.1, -0.05) is 0 Å². The van der Waals surface area contributed by atoms with E-state index in [4.69, 9.17) is 4.74 Å². The Labute approximate surface area is 160 Å². The number of hydrogen-bond acceptors (Lipinski definition) is 5. The average molecular weight is 378 g/mol. The Morgan fingerprint density at radius 2 is 2.00 bits per heavy atom. The van der Waals surface area contributed by atoms with E-state index < -0.39 is 0 Å². The van der Waals surface area contributed by atoms with Crippen molar-refractivity contribution in [3.05, 3.63) is 59.4 Å². The zero-order valence-corrected chi connectivity index (χ0v) is 16.0. The summed E-state index contributed by atoms with van der Waals surface area (Å²) < 4.78 is 7.11. The molecule has 1 amide bonds. The van der Waals surface area contributed by atoms with Gasteiger partial charge >= 0.3 is 0 Å². The van der Waals surface area contributed by atoms with Gasteiger partial charge in [0.2, 0.25) is 0 Å². The molecule has 0 aliphatic heterocycles. The summed E-state index contributed by atoms with van der Waals surface area (Å²) in [7, 11) is 3.56. The van der Waals surface area contributed by atoms with E-state index in [0.717, 1.165) is 27.4 Å². The van der Waals surface area contributed by atoms with E-state index in [0.29, 0.717) is 16.3 Å². The number of aryl methyl sites for hydroxylation is 2. The van der Waals surface area contributed by atoms with Crippen molar-refractivity contribution in [2.75, 3.05) is 12.4 Å². The number of anilines is 1. The Kier molecular flexibility index (Phi) is 4.37. The van der Waals surface area contributed by atoms with Crippen LogP contribution in [0.1, 0.15) is 15.4 Å². The maximum atomic E-state index is 12.7. The van der Waals surface area contributed by atoms with Gasteiger partial charge in [-0.2, -0.15) is 0 Å². The molecule has 0 saturated heterocycles. The second kappa shape index (κ2) is 6.85.